The van der Waals surface area contributed by atoms with Crippen molar-refractivity contribution in [1.82, 2.24) is 15.3 Å². The lowest BCUT2D eigenvalue weighted by atomic mass is 10.2. The molecule has 1 unspecified atom stereocenters. The Balaban J connectivity index is 1.78. The molecular weight excluding hydrogens is 306 g/mol. The molecule has 1 amide bonds. The molecule has 23 heavy (non-hydrogen) atoms. The zero-order valence-electron chi connectivity index (χ0n) is 13.0. The van der Waals surface area contributed by atoms with E-state index in [4.69, 9.17) is 12.2 Å². The molecule has 1 fully saturated rings. The van der Waals surface area contributed by atoms with Gasteiger partial charge in [0.2, 0.25) is 5.91 Å². The van der Waals surface area contributed by atoms with E-state index in [9.17, 15) is 4.79 Å². The molecule has 5 heteroatoms. The molecule has 3 rings (SSSR count). The minimum absolute atomic E-state index is 0.00293. The molecule has 118 valence electrons. The number of hydrogen-bond donors (Lipinski definition) is 1. The molecule has 0 radical (unpaired) electrons. The monoisotopic (exact) mass is 325 g/mol. The summed E-state index contributed by atoms with van der Waals surface area (Å²) in [6.07, 6.45) is 0. The van der Waals surface area contributed by atoms with E-state index in [-0.39, 0.29) is 11.9 Å². The number of hydrogen-bond acceptors (Lipinski definition) is 3. The van der Waals surface area contributed by atoms with Crippen LogP contribution in [0.1, 0.15) is 18.1 Å². The SMILES string of the molecule is CC1NN(Cc2ccccc2)C(=S)N(Cc2ccccc2)C1=O. The van der Waals surface area contributed by atoms with Crippen LogP contribution < -0.4 is 5.43 Å². The van der Waals surface area contributed by atoms with Crippen LogP contribution in [-0.4, -0.2) is 27.0 Å². The Labute approximate surface area is 141 Å². The average Bonchev–Trinajstić information content (AvgIpc) is 2.58. The van der Waals surface area contributed by atoms with Gasteiger partial charge in [0.05, 0.1) is 13.1 Å². The highest BCUT2D eigenvalue weighted by Crippen LogP contribution is 2.16. The molecule has 1 saturated heterocycles. The van der Waals surface area contributed by atoms with Crippen LogP contribution in [0.15, 0.2) is 60.7 Å². The van der Waals surface area contributed by atoms with Crippen LogP contribution in [-0.2, 0) is 17.9 Å². The van der Waals surface area contributed by atoms with Gasteiger partial charge in [-0.05, 0) is 30.3 Å². The molecule has 1 N–H and O–H groups in total. The summed E-state index contributed by atoms with van der Waals surface area (Å²) in [6, 6.07) is 19.7. The quantitative estimate of drug-likeness (QED) is 0.877. The van der Waals surface area contributed by atoms with Crippen LogP contribution in [0.3, 0.4) is 0 Å². The Bertz CT molecular complexity index is 690. The van der Waals surface area contributed by atoms with E-state index < -0.39 is 0 Å². The van der Waals surface area contributed by atoms with Gasteiger partial charge in [-0.3, -0.25) is 14.7 Å². The standard InChI is InChI=1S/C18H19N3OS/c1-14-17(22)20(12-15-8-4-2-5-9-15)18(23)21(19-14)13-16-10-6-3-7-11-16/h2-11,14,19H,12-13H2,1H3. The molecule has 4 nitrogen and oxygen atoms in total. The highest BCUT2D eigenvalue weighted by atomic mass is 32.1. The van der Waals surface area contributed by atoms with Gasteiger partial charge in [-0.25, -0.2) is 5.43 Å². The molecule has 0 saturated carbocycles. The Kier molecular flexibility index (Phi) is 4.69. The Morgan fingerprint density at radius 3 is 2.04 bits per heavy atom. The average molecular weight is 325 g/mol. The highest BCUT2D eigenvalue weighted by molar-refractivity contribution is 7.80. The summed E-state index contributed by atoms with van der Waals surface area (Å²) >= 11 is 5.55. The lowest BCUT2D eigenvalue weighted by Crippen LogP contribution is -2.63. The minimum Gasteiger partial charge on any atom is -0.282 e. The third kappa shape index (κ3) is 3.57. The van der Waals surface area contributed by atoms with Crippen LogP contribution in [0.4, 0.5) is 0 Å². The lowest BCUT2D eigenvalue weighted by Gasteiger charge is -2.40. The Morgan fingerprint density at radius 1 is 0.957 bits per heavy atom. The number of nitrogens with one attached hydrogen (secondary N) is 1. The molecule has 1 aliphatic rings. The summed E-state index contributed by atoms with van der Waals surface area (Å²) in [5.74, 6) is 0.00293. The van der Waals surface area contributed by atoms with Crippen LogP contribution in [0.25, 0.3) is 0 Å². The summed E-state index contributed by atoms with van der Waals surface area (Å²) in [4.78, 5) is 14.2. The number of carbonyl (C=O) groups is 1. The zero-order chi connectivity index (χ0) is 16.2. The number of nitrogens with zero attached hydrogens (tertiary/aromatic N) is 2. The number of hydrazine groups is 1. The number of benzene rings is 2. The second-order valence-corrected chi connectivity index (χ2v) is 5.98. The fourth-order valence-corrected chi connectivity index (χ4v) is 2.88. The first-order valence-corrected chi connectivity index (χ1v) is 8.03. The number of carbonyl (C=O) groups excluding carboxylic acids is 1. The molecular formula is C18H19N3OS. The Hall–Kier alpha value is -2.24. The van der Waals surface area contributed by atoms with E-state index in [2.05, 4.69) is 5.43 Å². The van der Waals surface area contributed by atoms with Gasteiger partial charge >= 0.3 is 0 Å². The van der Waals surface area contributed by atoms with Crippen molar-refractivity contribution in [1.29, 1.82) is 0 Å². The molecule has 1 aliphatic heterocycles. The van der Waals surface area contributed by atoms with Gasteiger partial charge in [0.15, 0.2) is 5.11 Å². The van der Waals surface area contributed by atoms with Gasteiger partial charge in [-0.1, -0.05) is 60.7 Å². The van der Waals surface area contributed by atoms with Crippen molar-refractivity contribution in [2.24, 2.45) is 0 Å². The number of thiocarbonyl (C=S) groups is 1. The normalized spacial score (nSPS) is 18.4. The van der Waals surface area contributed by atoms with Crippen molar-refractivity contribution >= 4 is 23.2 Å². The molecule has 2 aromatic carbocycles. The van der Waals surface area contributed by atoms with Gasteiger partial charge in [-0.15, -0.1) is 0 Å². The summed E-state index contributed by atoms with van der Waals surface area (Å²) < 4.78 is 0. The lowest BCUT2D eigenvalue weighted by molar-refractivity contribution is -0.133. The fraction of sp³-hybridized carbons (Fsp3) is 0.222. The summed E-state index contributed by atoms with van der Waals surface area (Å²) in [5.41, 5.74) is 5.39. The highest BCUT2D eigenvalue weighted by Gasteiger charge is 2.33. The minimum atomic E-state index is -0.297. The van der Waals surface area contributed by atoms with Crippen LogP contribution in [0.5, 0.6) is 0 Å². The van der Waals surface area contributed by atoms with Crippen molar-refractivity contribution in [3.05, 3.63) is 71.8 Å². The van der Waals surface area contributed by atoms with Crippen LogP contribution >= 0.6 is 12.2 Å². The maximum atomic E-state index is 12.5. The van der Waals surface area contributed by atoms with E-state index in [1.54, 1.807) is 4.90 Å². The van der Waals surface area contributed by atoms with Crippen LogP contribution in [0, 0.1) is 0 Å². The molecule has 1 heterocycles. The van der Waals surface area contributed by atoms with Crippen molar-refractivity contribution < 1.29 is 4.79 Å². The molecule has 0 aromatic heterocycles. The molecule has 0 aliphatic carbocycles. The summed E-state index contributed by atoms with van der Waals surface area (Å²) in [5, 5.41) is 2.39. The van der Waals surface area contributed by atoms with E-state index in [0.717, 1.165) is 11.1 Å². The first-order valence-electron chi connectivity index (χ1n) is 7.62. The van der Waals surface area contributed by atoms with Gasteiger partial charge in [0.25, 0.3) is 0 Å². The van der Waals surface area contributed by atoms with Crippen molar-refractivity contribution in [2.45, 2.75) is 26.1 Å². The second-order valence-electron chi connectivity index (χ2n) is 5.62. The Morgan fingerprint density at radius 2 is 1.48 bits per heavy atom. The van der Waals surface area contributed by atoms with Crippen LogP contribution in [0.2, 0.25) is 0 Å². The first kappa shape index (κ1) is 15.6. The third-order valence-electron chi connectivity index (χ3n) is 3.81. The molecule has 0 bridgehead atoms. The van der Waals surface area contributed by atoms with E-state index in [1.807, 2.05) is 72.6 Å². The predicted octanol–water partition coefficient (Wildman–Crippen LogP) is 2.71. The maximum absolute atomic E-state index is 12.5. The summed E-state index contributed by atoms with van der Waals surface area (Å²) in [6.45, 7) is 2.98. The molecule has 2 aromatic rings. The number of amides is 1. The molecule has 0 spiro atoms. The summed E-state index contributed by atoms with van der Waals surface area (Å²) in [7, 11) is 0. The van der Waals surface area contributed by atoms with Gasteiger partial charge in [-0.2, -0.15) is 0 Å². The number of rotatable bonds is 4. The predicted molar refractivity (Wildman–Crippen MR) is 94.2 cm³/mol. The smallest absolute Gasteiger partial charge is 0.247 e. The maximum Gasteiger partial charge on any atom is 0.247 e. The van der Waals surface area contributed by atoms with Crippen molar-refractivity contribution in [3.8, 4) is 0 Å². The van der Waals surface area contributed by atoms with E-state index in [1.165, 1.54) is 0 Å². The second kappa shape index (κ2) is 6.89. The van der Waals surface area contributed by atoms with E-state index >= 15 is 0 Å². The topological polar surface area (TPSA) is 35.6 Å². The fourth-order valence-electron chi connectivity index (χ4n) is 2.61. The van der Waals surface area contributed by atoms with Gasteiger partial charge < -0.3 is 0 Å². The van der Waals surface area contributed by atoms with Crippen molar-refractivity contribution in [2.75, 3.05) is 0 Å². The van der Waals surface area contributed by atoms with Gasteiger partial charge in [0, 0.05) is 0 Å². The van der Waals surface area contributed by atoms with Crippen molar-refractivity contribution in [3.63, 3.8) is 0 Å². The molecule has 1 atom stereocenters. The van der Waals surface area contributed by atoms with Gasteiger partial charge in [0.1, 0.15) is 6.04 Å². The zero-order valence-corrected chi connectivity index (χ0v) is 13.8. The van der Waals surface area contributed by atoms with E-state index in [0.29, 0.717) is 18.2 Å². The third-order valence-corrected chi connectivity index (χ3v) is 4.26. The largest absolute Gasteiger partial charge is 0.282 e. The first-order chi connectivity index (χ1) is 11.1.